The molecule has 0 amide bonds. The summed E-state index contributed by atoms with van der Waals surface area (Å²) in [5, 5.41) is 5.43. The van der Waals surface area contributed by atoms with Gasteiger partial charge in [-0.05, 0) is 50.6 Å². The Hall–Kier alpha value is -0.930. The number of nitrogens with one attached hydrogen (secondary N) is 1. The number of ether oxygens (including phenoxy) is 1. The van der Waals surface area contributed by atoms with E-state index in [1.165, 1.54) is 0 Å². The van der Waals surface area contributed by atoms with Gasteiger partial charge in [-0.1, -0.05) is 47.8 Å². The van der Waals surface area contributed by atoms with Gasteiger partial charge in [-0.15, -0.1) is 0 Å². The Morgan fingerprint density at radius 3 is 2.29 bits per heavy atom. The fourth-order valence-corrected chi connectivity index (χ4v) is 2.74. The lowest BCUT2D eigenvalue weighted by Crippen LogP contribution is -2.37. The molecule has 0 atom stereocenters. The summed E-state index contributed by atoms with van der Waals surface area (Å²) in [5.74, 6) is 0.796. The summed E-state index contributed by atoms with van der Waals surface area (Å²) in [6, 6.07) is 11.0. The van der Waals surface area contributed by atoms with Crippen molar-refractivity contribution in [3.8, 4) is 5.75 Å². The predicted octanol–water partition coefficient (Wildman–Crippen LogP) is 6.50. The highest BCUT2D eigenvalue weighted by atomic mass is 35.5. The van der Waals surface area contributed by atoms with Crippen molar-refractivity contribution in [2.45, 2.75) is 45.9 Å². The lowest BCUT2D eigenvalue weighted by atomic mass is 10.0. The molecule has 0 radical (unpaired) electrons. The van der Waals surface area contributed by atoms with E-state index in [4.69, 9.17) is 39.5 Å². The topological polar surface area (TPSA) is 21.3 Å². The molecule has 0 aromatic heterocycles. The van der Waals surface area contributed by atoms with Gasteiger partial charge in [0.2, 0.25) is 0 Å². The van der Waals surface area contributed by atoms with Crippen LogP contribution in [-0.4, -0.2) is 5.54 Å². The average molecular weight is 387 g/mol. The molecule has 2 aromatic rings. The van der Waals surface area contributed by atoms with Crippen molar-refractivity contribution < 1.29 is 4.74 Å². The molecule has 0 fully saturated rings. The van der Waals surface area contributed by atoms with Crippen LogP contribution in [-0.2, 0) is 13.2 Å². The van der Waals surface area contributed by atoms with Crippen LogP contribution in [0.1, 0.15) is 38.3 Å². The van der Waals surface area contributed by atoms with E-state index in [9.17, 15) is 0 Å². The van der Waals surface area contributed by atoms with Crippen LogP contribution in [0.5, 0.6) is 5.75 Å². The fraction of sp³-hybridized carbons (Fsp3) is 0.368. The van der Waals surface area contributed by atoms with Crippen molar-refractivity contribution in [1.29, 1.82) is 0 Å². The van der Waals surface area contributed by atoms with Crippen molar-refractivity contribution in [2.24, 2.45) is 0 Å². The SMILES string of the molecule is CCC(C)(C)NCc1cc(Cl)ccc1OCc1ccc(Cl)cc1Cl. The second-order valence-electron chi connectivity index (χ2n) is 6.37. The molecule has 5 heteroatoms. The first kappa shape index (κ1) is 19.4. The number of halogens is 3. The zero-order valence-electron chi connectivity index (χ0n) is 14.1. The van der Waals surface area contributed by atoms with E-state index in [-0.39, 0.29) is 5.54 Å². The van der Waals surface area contributed by atoms with Gasteiger partial charge in [0.05, 0.1) is 0 Å². The maximum Gasteiger partial charge on any atom is 0.124 e. The molecule has 2 rings (SSSR count). The van der Waals surface area contributed by atoms with Crippen molar-refractivity contribution in [3.05, 3.63) is 62.6 Å². The summed E-state index contributed by atoms with van der Waals surface area (Å²) >= 11 is 18.3. The number of hydrogen-bond acceptors (Lipinski definition) is 2. The quantitative estimate of drug-likeness (QED) is 0.586. The molecule has 0 bridgehead atoms. The number of rotatable bonds is 7. The molecule has 0 heterocycles. The Bertz CT molecular complexity index is 701. The van der Waals surface area contributed by atoms with E-state index >= 15 is 0 Å². The molecule has 0 spiro atoms. The lowest BCUT2D eigenvalue weighted by molar-refractivity contribution is 0.298. The first-order valence-corrected chi connectivity index (χ1v) is 9.04. The Morgan fingerprint density at radius 1 is 0.958 bits per heavy atom. The Morgan fingerprint density at radius 2 is 1.62 bits per heavy atom. The lowest BCUT2D eigenvalue weighted by Gasteiger charge is -2.25. The van der Waals surface area contributed by atoms with Crippen LogP contribution in [0.4, 0.5) is 0 Å². The van der Waals surface area contributed by atoms with Gasteiger partial charge in [-0.3, -0.25) is 0 Å². The molecular formula is C19H22Cl3NO. The maximum atomic E-state index is 6.20. The van der Waals surface area contributed by atoms with Gasteiger partial charge in [0.25, 0.3) is 0 Å². The van der Waals surface area contributed by atoms with Crippen molar-refractivity contribution >= 4 is 34.8 Å². The molecular weight excluding hydrogens is 365 g/mol. The third kappa shape index (κ3) is 5.56. The van der Waals surface area contributed by atoms with E-state index in [0.717, 1.165) is 23.3 Å². The second-order valence-corrected chi connectivity index (χ2v) is 7.65. The highest BCUT2D eigenvalue weighted by molar-refractivity contribution is 6.35. The van der Waals surface area contributed by atoms with Gasteiger partial charge in [0.15, 0.2) is 0 Å². The Kier molecular flexibility index (Phi) is 6.82. The minimum Gasteiger partial charge on any atom is -0.489 e. The molecule has 0 saturated carbocycles. The van der Waals surface area contributed by atoms with Crippen molar-refractivity contribution in [3.63, 3.8) is 0 Å². The smallest absolute Gasteiger partial charge is 0.124 e. The van der Waals surface area contributed by atoms with E-state index in [1.54, 1.807) is 12.1 Å². The van der Waals surface area contributed by atoms with Gasteiger partial charge < -0.3 is 10.1 Å². The predicted molar refractivity (Wildman–Crippen MR) is 103 cm³/mol. The van der Waals surface area contributed by atoms with Crippen molar-refractivity contribution in [2.75, 3.05) is 0 Å². The molecule has 0 aliphatic rings. The van der Waals surface area contributed by atoms with E-state index < -0.39 is 0 Å². The normalized spacial score (nSPS) is 11.6. The van der Waals surface area contributed by atoms with Gasteiger partial charge >= 0.3 is 0 Å². The van der Waals surface area contributed by atoms with E-state index in [0.29, 0.717) is 28.2 Å². The van der Waals surface area contributed by atoms with Crippen LogP contribution in [0.15, 0.2) is 36.4 Å². The number of benzene rings is 2. The zero-order chi connectivity index (χ0) is 17.7. The molecule has 2 aromatic carbocycles. The fourth-order valence-electron chi connectivity index (χ4n) is 2.08. The molecule has 0 aliphatic carbocycles. The van der Waals surface area contributed by atoms with Crippen LogP contribution in [0.3, 0.4) is 0 Å². The first-order chi connectivity index (χ1) is 11.3. The van der Waals surface area contributed by atoms with Crippen LogP contribution in [0.2, 0.25) is 15.1 Å². The first-order valence-electron chi connectivity index (χ1n) is 7.91. The maximum absolute atomic E-state index is 6.20. The zero-order valence-corrected chi connectivity index (χ0v) is 16.4. The van der Waals surface area contributed by atoms with E-state index in [2.05, 4.69) is 26.1 Å². The van der Waals surface area contributed by atoms with Gasteiger partial charge in [0, 0.05) is 38.3 Å². The molecule has 24 heavy (non-hydrogen) atoms. The Balaban J connectivity index is 2.12. The molecule has 0 unspecified atom stereocenters. The Labute approximate surface area is 159 Å². The summed E-state index contributed by atoms with van der Waals surface area (Å²) in [6.45, 7) is 7.56. The minimum atomic E-state index is 0.0546. The molecule has 1 N–H and O–H groups in total. The van der Waals surface area contributed by atoms with E-state index in [1.807, 2.05) is 24.3 Å². The van der Waals surface area contributed by atoms with Crippen LogP contribution in [0, 0.1) is 0 Å². The summed E-state index contributed by atoms with van der Waals surface area (Å²) in [4.78, 5) is 0. The summed E-state index contributed by atoms with van der Waals surface area (Å²) in [6.07, 6.45) is 1.03. The van der Waals surface area contributed by atoms with Crippen LogP contribution in [0.25, 0.3) is 0 Å². The molecule has 2 nitrogen and oxygen atoms in total. The summed E-state index contributed by atoms with van der Waals surface area (Å²) in [5.41, 5.74) is 1.97. The van der Waals surface area contributed by atoms with Gasteiger partial charge in [0.1, 0.15) is 12.4 Å². The summed E-state index contributed by atoms with van der Waals surface area (Å²) < 4.78 is 5.97. The minimum absolute atomic E-state index is 0.0546. The monoisotopic (exact) mass is 385 g/mol. The van der Waals surface area contributed by atoms with Crippen molar-refractivity contribution in [1.82, 2.24) is 5.32 Å². The molecule has 130 valence electrons. The molecule has 0 aliphatic heterocycles. The largest absolute Gasteiger partial charge is 0.489 e. The standard InChI is InChI=1S/C19H22Cl3NO/c1-4-19(2,3)23-11-14-9-15(20)7-8-18(14)24-12-13-5-6-16(21)10-17(13)22/h5-10,23H,4,11-12H2,1-3H3. The second kappa shape index (κ2) is 8.44. The average Bonchev–Trinajstić information content (AvgIpc) is 2.53. The van der Waals surface area contributed by atoms with Gasteiger partial charge in [-0.2, -0.15) is 0 Å². The van der Waals surface area contributed by atoms with Crippen LogP contribution < -0.4 is 10.1 Å². The highest BCUT2D eigenvalue weighted by Gasteiger charge is 2.15. The third-order valence-electron chi connectivity index (χ3n) is 4.06. The highest BCUT2D eigenvalue weighted by Crippen LogP contribution is 2.27. The summed E-state index contributed by atoms with van der Waals surface area (Å²) in [7, 11) is 0. The third-order valence-corrected chi connectivity index (χ3v) is 4.88. The number of hydrogen-bond donors (Lipinski definition) is 1. The van der Waals surface area contributed by atoms with Crippen LogP contribution >= 0.6 is 34.8 Å². The van der Waals surface area contributed by atoms with Gasteiger partial charge in [-0.25, -0.2) is 0 Å². The molecule has 0 saturated heterocycles.